The van der Waals surface area contributed by atoms with Crippen molar-refractivity contribution in [3.63, 3.8) is 0 Å². The second-order valence-electron chi connectivity index (χ2n) is 10.9. The normalized spacial score (nSPS) is 15.1. The van der Waals surface area contributed by atoms with Gasteiger partial charge in [-0.1, -0.05) is 54.6 Å². The van der Waals surface area contributed by atoms with E-state index < -0.39 is 0 Å². The Morgan fingerprint density at radius 1 is 0.850 bits per heavy atom. The summed E-state index contributed by atoms with van der Waals surface area (Å²) in [6.45, 7) is 12.3. The Hall–Kier alpha value is -4.30. The molecule has 204 valence electrons. The minimum Gasteiger partial charge on any atom is -0.369 e. The highest BCUT2D eigenvalue weighted by molar-refractivity contribution is 5.85. The molecule has 5 aromatic rings. The van der Waals surface area contributed by atoms with E-state index in [0.717, 1.165) is 53.8 Å². The maximum atomic E-state index is 13.7. The van der Waals surface area contributed by atoms with Crippen LogP contribution >= 0.6 is 0 Å². The van der Waals surface area contributed by atoms with E-state index >= 15 is 0 Å². The summed E-state index contributed by atoms with van der Waals surface area (Å²) in [5.41, 5.74) is 8.63. The summed E-state index contributed by atoms with van der Waals surface area (Å²) in [6.07, 6.45) is 0. The van der Waals surface area contributed by atoms with E-state index in [1.54, 1.807) is 0 Å². The van der Waals surface area contributed by atoms with Crippen molar-refractivity contribution in [2.24, 2.45) is 0 Å². The van der Waals surface area contributed by atoms with Gasteiger partial charge in [-0.2, -0.15) is 0 Å². The molecule has 6 rings (SSSR count). The molecule has 2 aromatic heterocycles. The molecule has 1 fully saturated rings. The zero-order chi connectivity index (χ0) is 27.8. The quantitative estimate of drug-likeness (QED) is 0.341. The monoisotopic (exact) mass is 533 g/mol. The Labute approximate surface area is 234 Å². The number of anilines is 1. The number of aryl methyl sites for hydroxylation is 3. The third kappa shape index (κ3) is 4.79. The highest BCUT2D eigenvalue weighted by Crippen LogP contribution is 2.31. The fourth-order valence-corrected chi connectivity index (χ4v) is 5.87. The Morgan fingerprint density at radius 3 is 2.38 bits per heavy atom. The number of aromatic amines is 1. The smallest absolute Gasteiger partial charge is 0.253 e. The van der Waals surface area contributed by atoms with Crippen LogP contribution in [-0.2, 0) is 6.54 Å². The molecule has 0 amide bonds. The minimum atomic E-state index is -0.382. The fourth-order valence-electron chi connectivity index (χ4n) is 5.87. The van der Waals surface area contributed by atoms with Crippen LogP contribution < -0.4 is 10.5 Å². The van der Waals surface area contributed by atoms with Gasteiger partial charge in [-0.05, 0) is 78.1 Å². The first-order chi connectivity index (χ1) is 19.4. The average Bonchev–Trinajstić information content (AvgIpc) is 3.41. The highest BCUT2D eigenvalue weighted by atomic mass is 16.1. The van der Waals surface area contributed by atoms with E-state index in [0.29, 0.717) is 17.9 Å². The number of benzene rings is 3. The van der Waals surface area contributed by atoms with Crippen molar-refractivity contribution >= 4 is 16.6 Å². The van der Waals surface area contributed by atoms with Crippen LogP contribution in [0.1, 0.15) is 45.2 Å². The number of rotatable bonds is 6. The standard InChI is InChI=1S/C32H35N7O/c1-21-9-8-12-28(24(21)4)37-15-17-38(18-16-37)30(31-34-35-36-39(31)20-25-10-6-5-7-11-25)27-19-26-22(2)13-14-23(3)29(26)33-32(27)40/h5-14,19,30H,15-18,20H2,1-4H3,(H,33,40). The predicted molar refractivity (Wildman–Crippen MR) is 159 cm³/mol. The highest BCUT2D eigenvalue weighted by Gasteiger charge is 2.33. The van der Waals surface area contributed by atoms with Crippen LogP contribution in [0, 0.1) is 27.7 Å². The van der Waals surface area contributed by atoms with Gasteiger partial charge in [-0.3, -0.25) is 9.69 Å². The lowest BCUT2D eigenvalue weighted by atomic mass is 9.99. The number of tetrazole rings is 1. The summed E-state index contributed by atoms with van der Waals surface area (Å²) in [7, 11) is 0. The van der Waals surface area contributed by atoms with Crippen LogP contribution in [0.5, 0.6) is 0 Å². The lowest BCUT2D eigenvalue weighted by Gasteiger charge is -2.40. The topological polar surface area (TPSA) is 82.9 Å². The maximum absolute atomic E-state index is 13.7. The van der Waals surface area contributed by atoms with E-state index in [1.807, 2.05) is 29.8 Å². The van der Waals surface area contributed by atoms with Crippen LogP contribution in [0.25, 0.3) is 10.9 Å². The Balaban J connectivity index is 1.41. The SMILES string of the molecule is Cc1cccc(N2CCN(C(c3cc4c(C)ccc(C)c4[nH]c3=O)c3nnnn3Cc3ccccc3)CC2)c1C. The van der Waals surface area contributed by atoms with Crippen molar-refractivity contribution in [3.05, 3.63) is 116 Å². The van der Waals surface area contributed by atoms with Crippen molar-refractivity contribution < 1.29 is 0 Å². The first-order valence-corrected chi connectivity index (χ1v) is 13.9. The lowest BCUT2D eigenvalue weighted by molar-refractivity contribution is 0.200. The summed E-state index contributed by atoms with van der Waals surface area (Å²) in [5, 5.41) is 14.0. The van der Waals surface area contributed by atoms with Gasteiger partial charge in [0.2, 0.25) is 0 Å². The number of piperazine rings is 1. The predicted octanol–water partition coefficient (Wildman–Crippen LogP) is 4.71. The number of fused-ring (bicyclic) bond motifs is 1. The second-order valence-corrected chi connectivity index (χ2v) is 10.9. The van der Waals surface area contributed by atoms with E-state index in [1.165, 1.54) is 16.8 Å². The molecule has 1 N–H and O–H groups in total. The van der Waals surface area contributed by atoms with E-state index in [-0.39, 0.29) is 11.6 Å². The van der Waals surface area contributed by atoms with Gasteiger partial charge in [0, 0.05) is 42.8 Å². The first kappa shape index (κ1) is 26.0. The Morgan fingerprint density at radius 2 is 1.60 bits per heavy atom. The number of H-pyrrole nitrogens is 1. The molecule has 8 nitrogen and oxygen atoms in total. The molecule has 1 saturated heterocycles. The average molecular weight is 534 g/mol. The molecule has 0 radical (unpaired) electrons. The Bertz CT molecular complexity index is 1720. The summed E-state index contributed by atoms with van der Waals surface area (Å²) in [4.78, 5) is 21.7. The first-order valence-electron chi connectivity index (χ1n) is 13.9. The second kappa shape index (κ2) is 10.7. The zero-order valence-electron chi connectivity index (χ0n) is 23.6. The van der Waals surface area contributed by atoms with E-state index in [4.69, 9.17) is 0 Å². The van der Waals surface area contributed by atoms with Gasteiger partial charge in [0.25, 0.3) is 5.56 Å². The van der Waals surface area contributed by atoms with Crippen LogP contribution in [0.4, 0.5) is 5.69 Å². The summed E-state index contributed by atoms with van der Waals surface area (Å²) < 4.78 is 1.84. The molecule has 1 atom stereocenters. The third-order valence-corrected chi connectivity index (χ3v) is 8.34. The van der Waals surface area contributed by atoms with Crippen LogP contribution in [0.2, 0.25) is 0 Å². The molecule has 40 heavy (non-hydrogen) atoms. The largest absolute Gasteiger partial charge is 0.369 e. The zero-order valence-corrected chi connectivity index (χ0v) is 23.6. The van der Waals surface area contributed by atoms with Crippen LogP contribution in [0.15, 0.2) is 71.5 Å². The minimum absolute atomic E-state index is 0.0996. The molecule has 3 aromatic carbocycles. The molecule has 1 unspecified atom stereocenters. The number of pyridine rings is 1. The van der Waals surface area contributed by atoms with Gasteiger partial charge >= 0.3 is 0 Å². The van der Waals surface area contributed by atoms with Gasteiger partial charge in [-0.25, -0.2) is 4.68 Å². The van der Waals surface area contributed by atoms with E-state index in [9.17, 15) is 4.79 Å². The van der Waals surface area contributed by atoms with Gasteiger partial charge in [0.15, 0.2) is 5.82 Å². The molecule has 1 aliphatic heterocycles. The van der Waals surface area contributed by atoms with Crippen LogP contribution in [-0.4, -0.2) is 56.3 Å². The lowest BCUT2D eigenvalue weighted by Crippen LogP contribution is -2.49. The summed E-state index contributed by atoms with van der Waals surface area (Å²) in [6, 6.07) is 22.5. The number of aromatic nitrogens is 5. The molecular weight excluding hydrogens is 498 g/mol. The number of hydrogen-bond acceptors (Lipinski definition) is 6. The van der Waals surface area contributed by atoms with Crippen molar-refractivity contribution in [2.75, 3.05) is 31.1 Å². The maximum Gasteiger partial charge on any atom is 0.253 e. The molecule has 8 heteroatoms. The molecule has 0 spiro atoms. The van der Waals surface area contributed by atoms with Gasteiger partial charge in [-0.15, -0.1) is 5.10 Å². The molecule has 0 bridgehead atoms. The van der Waals surface area contributed by atoms with Gasteiger partial charge in [0.05, 0.1) is 12.1 Å². The number of hydrogen-bond donors (Lipinski definition) is 1. The summed E-state index contributed by atoms with van der Waals surface area (Å²) >= 11 is 0. The summed E-state index contributed by atoms with van der Waals surface area (Å²) in [5.74, 6) is 0.680. The van der Waals surface area contributed by atoms with Crippen LogP contribution in [0.3, 0.4) is 0 Å². The third-order valence-electron chi connectivity index (χ3n) is 8.34. The number of nitrogens with zero attached hydrogens (tertiary/aromatic N) is 6. The molecule has 1 aliphatic rings. The van der Waals surface area contributed by atoms with Gasteiger partial charge < -0.3 is 9.88 Å². The van der Waals surface area contributed by atoms with Crippen molar-refractivity contribution in [1.29, 1.82) is 0 Å². The van der Waals surface area contributed by atoms with Crippen molar-refractivity contribution in [3.8, 4) is 0 Å². The fraction of sp³-hybridized carbons (Fsp3) is 0.312. The van der Waals surface area contributed by atoms with Crippen molar-refractivity contribution in [2.45, 2.75) is 40.3 Å². The number of nitrogens with one attached hydrogen (secondary N) is 1. The molecule has 0 aliphatic carbocycles. The van der Waals surface area contributed by atoms with Crippen molar-refractivity contribution in [1.82, 2.24) is 30.1 Å². The Kier molecular flexibility index (Phi) is 6.94. The molecule has 3 heterocycles. The van der Waals surface area contributed by atoms with E-state index in [2.05, 4.69) is 99.6 Å². The van der Waals surface area contributed by atoms with Gasteiger partial charge in [0.1, 0.15) is 6.04 Å². The molecule has 0 saturated carbocycles. The molecular formula is C32H35N7O.